The van der Waals surface area contributed by atoms with Crippen LogP contribution in [0.4, 0.5) is 0 Å². The van der Waals surface area contributed by atoms with Gasteiger partial charge in [0.25, 0.3) is 0 Å². The molecule has 0 aliphatic carbocycles. The summed E-state index contributed by atoms with van der Waals surface area (Å²) in [6, 6.07) is 4.13. The number of hydrogen-bond donors (Lipinski definition) is 1. The van der Waals surface area contributed by atoms with Crippen molar-refractivity contribution in [3.05, 3.63) is 28.8 Å². The predicted molar refractivity (Wildman–Crippen MR) is 72.5 cm³/mol. The Morgan fingerprint density at radius 1 is 1.00 bits per heavy atom. The van der Waals surface area contributed by atoms with Gasteiger partial charge in [0.1, 0.15) is 5.75 Å². The first-order valence-electron chi connectivity index (χ1n) is 6.02. The molecule has 0 amide bonds. The van der Waals surface area contributed by atoms with Crippen LogP contribution in [-0.4, -0.2) is 49.1 Å². The smallest absolute Gasteiger partial charge is 0.121 e. The third-order valence-corrected chi connectivity index (χ3v) is 2.93. The maximum absolute atomic E-state index is 9.72. The van der Waals surface area contributed by atoms with Crippen LogP contribution in [0.2, 0.25) is 0 Å². The molecule has 0 aliphatic rings. The molecule has 1 N–H and O–H groups in total. The van der Waals surface area contributed by atoms with E-state index in [0.29, 0.717) is 5.75 Å². The van der Waals surface area contributed by atoms with E-state index in [1.54, 1.807) is 0 Å². The van der Waals surface area contributed by atoms with Crippen molar-refractivity contribution in [2.75, 3.05) is 34.2 Å². The van der Waals surface area contributed by atoms with Gasteiger partial charge in [0, 0.05) is 19.6 Å². The lowest BCUT2D eigenvalue weighted by atomic mass is 10.1. The number of benzene rings is 1. The summed E-state index contributed by atoms with van der Waals surface area (Å²) in [5.74, 6) is 0.421. The van der Waals surface area contributed by atoms with Crippen molar-refractivity contribution in [3.63, 3.8) is 0 Å². The molecule has 1 aromatic carbocycles. The molecule has 1 aromatic rings. The molecule has 96 valence electrons. The lowest BCUT2D eigenvalue weighted by Crippen LogP contribution is -2.28. The number of nitrogens with zero attached hydrogens (tertiary/aromatic N) is 2. The Hall–Kier alpha value is -1.06. The molecule has 3 heteroatoms. The van der Waals surface area contributed by atoms with E-state index < -0.39 is 0 Å². The minimum Gasteiger partial charge on any atom is -0.507 e. The van der Waals surface area contributed by atoms with E-state index in [-0.39, 0.29) is 0 Å². The Morgan fingerprint density at radius 2 is 1.53 bits per heavy atom. The monoisotopic (exact) mass is 236 g/mol. The number of phenolic OH excluding ortho intramolecular Hbond substituents is 1. The minimum atomic E-state index is 0.421. The van der Waals surface area contributed by atoms with Gasteiger partial charge in [-0.05, 0) is 51.7 Å². The van der Waals surface area contributed by atoms with Crippen LogP contribution in [0.15, 0.2) is 12.1 Å². The molecule has 0 unspecified atom stereocenters. The molecule has 0 aliphatic heterocycles. The first-order valence-corrected chi connectivity index (χ1v) is 6.02. The van der Waals surface area contributed by atoms with E-state index in [1.807, 2.05) is 13.8 Å². The number of aromatic hydroxyl groups is 1. The first-order chi connectivity index (χ1) is 7.90. The number of phenols is 1. The second kappa shape index (κ2) is 6.03. The van der Waals surface area contributed by atoms with E-state index in [4.69, 9.17) is 0 Å². The van der Waals surface area contributed by atoms with Gasteiger partial charge >= 0.3 is 0 Å². The van der Waals surface area contributed by atoms with Crippen molar-refractivity contribution in [2.24, 2.45) is 0 Å². The normalized spacial score (nSPS) is 11.5. The Kier molecular flexibility index (Phi) is 4.97. The summed E-state index contributed by atoms with van der Waals surface area (Å²) in [7, 11) is 6.30. The van der Waals surface area contributed by atoms with Crippen LogP contribution in [0.3, 0.4) is 0 Å². The second-order valence-corrected chi connectivity index (χ2v) is 5.12. The van der Waals surface area contributed by atoms with Crippen molar-refractivity contribution >= 4 is 0 Å². The molecule has 1 rings (SSSR count). The number of hydrogen-bond acceptors (Lipinski definition) is 3. The van der Waals surface area contributed by atoms with Gasteiger partial charge in [-0.3, -0.25) is 0 Å². The molecule has 0 saturated heterocycles. The standard InChI is InChI=1S/C14H24N2O/c1-11-8-13(9-12(2)14(11)17)10-16(5)7-6-15(3)4/h8-9,17H,6-7,10H2,1-5H3. The fourth-order valence-corrected chi connectivity index (χ4v) is 1.90. The van der Waals surface area contributed by atoms with Crippen molar-refractivity contribution in [2.45, 2.75) is 20.4 Å². The van der Waals surface area contributed by atoms with Crippen LogP contribution in [0.5, 0.6) is 5.75 Å². The molecule has 0 saturated carbocycles. The lowest BCUT2D eigenvalue weighted by Gasteiger charge is -2.20. The summed E-state index contributed by atoms with van der Waals surface area (Å²) in [4.78, 5) is 4.48. The van der Waals surface area contributed by atoms with Crippen molar-refractivity contribution < 1.29 is 5.11 Å². The molecule has 0 aromatic heterocycles. The van der Waals surface area contributed by atoms with Gasteiger partial charge in [-0.1, -0.05) is 12.1 Å². The van der Waals surface area contributed by atoms with Crippen LogP contribution in [0.25, 0.3) is 0 Å². The zero-order valence-corrected chi connectivity index (χ0v) is 11.6. The molecule has 3 nitrogen and oxygen atoms in total. The van der Waals surface area contributed by atoms with Gasteiger partial charge in [-0.25, -0.2) is 0 Å². The van der Waals surface area contributed by atoms with Crippen LogP contribution in [0, 0.1) is 13.8 Å². The van der Waals surface area contributed by atoms with E-state index in [9.17, 15) is 5.11 Å². The summed E-state index contributed by atoms with van der Waals surface area (Å²) in [6.07, 6.45) is 0. The van der Waals surface area contributed by atoms with Gasteiger partial charge in [0.05, 0.1) is 0 Å². The third kappa shape index (κ3) is 4.36. The molecule has 0 spiro atoms. The van der Waals surface area contributed by atoms with Crippen LogP contribution in [0.1, 0.15) is 16.7 Å². The SMILES string of the molecule is Cc1cc(CN(C)CCN(C)C)cc(C)c1O. The molecule has 0 heterocycles. The maximum Gasteiger partial charge on any atom is 0.121 e. The highest BCUT2D eigenvalue weighted by molar-refractivity contribution is 5.42. The van der Waals surface area contributed by atoms with Gasteiger partial charge in [0.2, 0.25) is 0 Å². The van der Waals surface area contributed by atoms with E-state index in [0.717, 1.165) is 30.8 Å². The van der Waals surface area contributed by atoms with Crippen LogP contribution in [-0.2, 0) is 6.54 Å². The van der Waals surface area contributed by atoms with Crippen LogP contribution < -0.4 is 0 Å². The molecule has 0 fully saturated rings. The minimum absolute atomic E-state index is 0.421. The van der Waals surface area contributed by atoms with Crippen LogP contribution >= 0.6 is 0 Å². The molecule has 0 radical (unpaired) electrons. The molecular formula is C14H24N2O. The number of aryl methyl sites for hydroxylation is 2. The predicted octanol–water partition coefficient (Wildman–Crippen LogP) is 2.00. The maximum atomic E-state index is 9.72. The third-order valence-electron chi connectivity index (χ3n) is 2.93. The quantitative estimate of drug-likeness (QED) is 0.847. The van der Waals surface area contributed by atoms with E-state index in [1.165, 1.54) is 5.56 Å². The average Bonchev–Trinajstić information content (AvgIpc) is 2.23. The highest BCUT2D eigenvalue weighted by atomic mass is 16.3. The fraction of sp³-hybridized carbons (Fsp3) is 0.571. The summed E-state index contributed by atoms with van der Waals surface area (Å²) >= 11 is 0. The topological polar surface area (TPSA) is 26.7 Å². The second-order valence-electron chi connectivity index (χ2n) is 5.12. The number of likely N-dealkylation sites (N-methyl/N-ethyl adjacent to an activating group) is 2. The highest BCUT2D eigenvalue weighted by Gasteiger charge is 2.06. The van der Waals surface area contributed by atoms with Gasteiger partial charge in [-0.2, -0.15) is 0 Å². The molecular weight excluding hydrogens is 212 g/mol. The van der Waals surface area contributed by atoms with Crippen molar-refractivity contribution in [1.82, 2.24) is 9.80 Å². The van der Waals surface area contributed by atoms with Gasteiger partial charge in [-0.15, -0.1) is 0 Å². The Labute approximate surface area is 105 Å². The summed E-state index contributed by atoms with van der Waals surface area (Å²) in [5, 5.41) is 9.72. The molecule has 0 atom stereocenters. The first kappa shape index (κ1) is 14.0. The zero-order valence-electron chi connectivity index (χ0n) is 11.6. The fourth-order valence-electron chi connectivity index (χ4n) is 1.90. The average molecular weight is 236 g/mol. The Balaban J connectivity index is 2.62. The van der Waals surface area contributed by atoms with Gasteiger partial charge < -0.3 is 14.9 Å². The summed E-state index contributed by atoms with van der Waals surface area (Å²) in [6.45, 7) is 6.94. The summed E-state index contributed by atoms with van der Waals surface area (Å²) < 4.78 is 0. The summed E-state index contributed by atoms with van der Waals surface area (Å²) in [5.41, 5.74) is 3.18. The Bertz CT molecular complexity index is 351. The Morgan fingerprint density at radius 3 is 2.00 bits per heavy atom. The highest BCUT2D eigenvalue weighted by Crippen LogP contribution is 2.23. The number of rotatable bonds is 5. The van der Waals surface area contributed by atoms with E-state index in [2.05, 4.69) is 43.1 Å². The van der Waals surface area contributed by atoms with E-state index >= 15 is 0 Å². The molecule has 17 heavy (non-hydrogen) atoms. The van der Waals surface area contributed by atoms with Crippen molar-refractivity contribution in [1.29, 1.82) is 0 Å². The van der Waals surface area contributed by atoms with Gasteiger partial charge in [0.15, 0.2) is 0 Å². The van der Waals surface area contributed by atoms with Crippen molar-refractivity contribution in [3.8, 4) is 5.75 Å². The zero-order chi connectivity index (χ0) is 13.0. The lowest BCUT2D eigenvalue weighted by molar-refractivity contribution is 0.276. The largest absolute Gasteiger partial charge is 0.507 e. The molecule has 0 bridgehead atoms.